The molecular formula is C25H26BrN3O2. The highest BCUT2D eigenvalue weighted by molar-refractivity contribution is 9.10. The van der Waals surface area contributed by atoms with E-state index in [0.29, 0.717) is 18.7 Å². The van der Waals surface area contributed by atoms with Crippen LogP contribution in [0.2, 0.25) is 0 Å². The first-order chi connectivity index (χ1) is 15.0. The number of nitrogens with zero attached hydrogens (tertiary/aromatic N) is 1. The van der Waals surface area contributed by atoms with E-state index < -0.39 is 5.60 Å². The summed E-state index contributed by atoms with van der Waals surface area (Å²) in [5.41, 5.74) is 5.16. The molecule has 0 bridgehead atoms. The quantitative estimate of drug-likeness (QED) is 0.497. The molecule has 1 unspecified atom stereocenters. The van der Waals surface area contributed by atoms with Crippen LogP contribution >= 0.6 is 15.9 Å². The summed E-state index contributed by atoms with van der Waals surface area (Å²) in [6.07, 6.45) is 2.61. The second kappa shape index (κ2) is 8.86. The van der Waals surface area contributed by atoms with E-state index in [9.17, 15) is 10.1 Å². The minimum absolute atomic E-state index is 0.0416. The molecule has 31 heavy (non-hydrogen) atoms. The molecule has 1 aliphatic heterocycles. The molecular weight excluding hydrogens is 454 g/mol. The first kappa shape index (κ1) is 21.6. The summed E-state index contributed by atoms with van der Waals surface area (Å²) in [5, 5.41) is 13.7. The summed E-state index contributed by atoms with van der Waals surface area (Å²) in [5.74, 6) is -0.0416. The van der Waals surface area contributed by atoms with Crippen molar-refractivity contribution in [3.63, 3.8) is 0 Å². The molecule has 1 atom stereocenters. The summed E-state index contributed by atoms with van der Waals surface area (Å²) in [7, 11) is 0. The molecule has 1 aliphatic rings. The number of aryl methyl sites for hydroxylation is 1. The number of H-pyrrole nitrogens is 1. The van der Waals surface area contributed by atoms with E-state index in [1.807, 2.05) is 43.3 Å². The van der Waals surface area contributed by atoms with Crippen molar-refractivity contribution in [2.24, 2.45) is 0 Å². The van der Waals surface area contributed by atoms with Crippen LogP contribution in [0.3, 0.4) is 0 Å². The number of nitrogens with one attached hydrogen (secondary N) is 2. The Hall–Kier alpha value is -2.62. The van der Waals surface area contributed by atoms with Crippen LogP contribution in [0.25, 0.3) is 10.9 Å². The summed E-state index contributed by atoms with van der Waals surface area (Å²) in [4.78, 5) is 16.5. The second-order valence-electron chi connectivity index (χ2n) is 8.19. The maximum atomic E-state index is 13.0. The van der Waals surface area contributed by atoms with Crippen LogP contribution in [0.5, 0.6) is 0 Å². The number of ether oxygens (including phenoxy) is 1. The minimum atomic E-state index is -0.704. The van der Waals surface area contributed by atoms with Crippen molar-refractivity contribution in [1.29, 1.82) is 5.26 Å². The first-order valence-electron chi connectivity index (χ1n) is 10.7. The average Bonchev–Trinajstić information content (AvgIpc) is 3.16. The largest absolute Gasteiger partial charge is 0.368 e. The van der Waals surface area contributed by atoms with E-state index in [1.54, 1.807) is 0 Å². The van der Waals surface area contributed by atoms with E-state index in [1.165, 1.54) is 0 Å². The molecule has 160 valence electrons. The van der Waals surface area contributed by atoms with Gasteiger partial charge < -0.3 is 15.0 Å². The molecule has 1 amide bonds. The molecule has 0 saturated carbocycles. The van der Waals surface area contributed by atoms with E-state index in [0.717, 1.165) is 57.0 Å². The number of aromatic amines is 1. The van der Waals surface area contributed by atoms with Crippen molar-refractivity contribution in [1.82, 2.24) is 10.3 Å². The molecule has 6 heteroatoms. The van der Waals surface area contributed by atoms with Crippen LogP contribution in [0.15, 0.2) is 40.9 Å². The standard InChI is InChI=1S/C25H26BrN3O2/c1-3-11-25(13-21(30)28-15-17-5-8-19(26)9-6-17)24-20(10-12-31-25)22-18(14-27)7-4-16(2)23(22)29-24/h4-9,29H,3,10-13,15H2,1-2H3,(H,28,30). The van der Waals surface area contributed by atoms with Crippen molar-refractivity contribution in [3.8, 4) is 6.07 Å². The number of hydrogen-bond donors (Lipinski definition) is 2. The molecule has 5 nitrogen and oxygen atoms in total. The molecule has 0 radical (unpaired) electrons. The van der Waals surface area contributed by atoms with Gasteiger partial charge in [0.1, 0.15) is 5.60 Å². The van der Waals surface area contributed by atoms with E-state index in [-0.39, 0.29) is 12.3 Å². The molecule has 2 N–H and O–H groups in total. The highest BCUT2D eigenvalue weighted by Crippen LogP contribution is 2.43. The number of carbonyl (C=O) groups excluding carboxylic acids is 1. The number of fused-ring (bicyclic) bond motifs is 3. The van der Waals surface area contributed by atoms with E-state index in [4.69, 9.17) is 4.74 Å². The summed E-state index contributed by atoms with van der Waals surface area (Å²) < 4.78 is 7.35. The Bertz CT molecular complexity index is 1160. The van der Waals surface area contributed by atoms with Gasteiger partial charge in [-0.15, -0.1) is 0 Å². The van der Waals surface area contributed by atoms with E-state index >= 15 is 0 Å². The van der Waals surface area contributed by atoms with Crippen molar-refractivity contribution in [2.45, 2.75) is 51.7 Å². The Labute approximate surface area is 190 Å². The number of carbonyl (C=O) groups is 1. The Morgan fingerprint density at radius 3 is 2.77 bits per heavy atom. The number of rotatable bonds is 6. The fourth-order valence-corrected chi connectivity index (χ4v) is 4.88. The first-order valence-corrected chi connectivity index (χ1v) is 11.5. The molecule has 0 spiro atoms. The van der Waals surface area contributed by atoms with Crippen LogP contribution < -0.4 is 5.32 Å². The molecule has 2 aromatic carbocycles. The third kappa shape index (κ3) is 4.13. The van der Waals surface area contributed by atoms with Gasteiger partial charge in [0.2, 0.25) is 5.91 Å². The molecule has 2 heterocycles. The third-order valence-corrected chi connectivity index (χ3v) is 6.61. The number of benzene rings is 2. The van der Waals surface area contributed by atoms with Crippen molar-refractivity contribution < 1.29 is 9.53 Å². The van der Waals surface area contributed by atoms with Gasteiger partial charge in [0, 0.05) is 16.4 Å². The number of hydrogen-bond acceptors (Lipinski definition) is 3. The Morgan fingerprint density at radius 1 is 1.29 bits per heavy atom. The van der Waals surface area contributed by atoms with E-state index in [2.05, 4.69) is 39.2 Å². The van der Waals surface area contributed by atoms with Gasteiger partial charge >= 0.3 is 0 Å². The molecule has 0 saturated heterocycles. The molecule has 0 aliphatic carbocycles. The maximum absolute atomic E-state index is 13.0. The zero-order valence-electron chi connectivity index (χ0n) is 17.8. The lowest BCUT2D eigenvalue weighted by Crippen LogP contribution is -2.40. The molecule has 1 aromatic heterocycles. The van der Waals surface area contributed by atoms with Gasteiger partial charge in [-0.3, -0.25) is 4.79 Å². The Kier molecular flexibility index (Phi) is 6.17. The van der Waals surface area contributed by atoms with Gasteiger partial charge in [-0.25, -0.2) is 0 Å². The predicted molar refractivity (Wildman–Crippen MR) is 125 cm³/mol. The number of amides is 1. The van der Waals surface area contributed by atoms with Gasteiger partial charge in [0.25, 0.3) is 0 Å². The fraction of sp³-hybridized carbons (Fsp3) is 0.360. The highest BCUT2D eigenvalue weighted by atomic mass is 79.9. The summed E-state index contributed by atoms with van der Waals surface area (Å²) in [6, 6.07) is 14.1. The monoisotopic (exact) mass is 479 g/mol. The van der Waals surface area contributed by atoms with Gasteiger partial charge in [-0.05, 0) is 54.7 Å². The van der Waals surface area contributed by atoms with Gasteiger partial charge in [-0.2, -0.15) is 5.26 Å². The minimum Gasteiger partial charge on any atom is -0.368 e. The van der Waals surface area contributed by atoms with Gasteiger partial charge in [0.05, 0.1) is 35.9 Å². The number of aromatic nitrogens is 1. The lowest BCUT2D eigenvalue weighted by atomic mass is 9.84. The van der Waals surface area contributed by atoms with Crippen LogP contribution in [0.1, 0.15) is 54.1 Å². The topological polar surface area (TPSA) is 77.9 Å². The van der Waals surface area contributed by atoms with Gasteiger partial charge in [-0.1, -0.05) is 47.5 Å². The maximum Gasteiger partial charge on any atom is 0.223 e. The van der Waals surface area contributed by atoms with Gasteiger partial charge in [0.15, 0.2) is 0 Å². The van der Waals surface area contributed by atoms with Crippen LogP contribution in [-0.2, 0) is 28.1 Å². The Morgan fingerprint density at radius 2 is 2.06 bits per heavy atom. The zero-order chi connectivity index (χ0) is 22.0. The van der Waals surface area contributed by atoms with Crippen molar-refractivity contribution in [2.75, 3.05) is 6.61 Å². The van der Waals surface area contributed by atoms with Crippen molar-refractivity contribution in [3.05, 3.63) is 68.8 Å². The SMILES string of the molecule is CCCC1(CC(=O)NCc2ccc(Br)cc2)OCCc2c1[nH]c1c(C)ccc(C#N)c21. The second-order valence-corrected chi connectivity index (χ2v) is 9.11. The Balaban J connectivity index is 1.66. The third-order valence-electron chi connectivity index (χ3n) is 6.08. The van der Waals surface area contributed by atoms with Crippen LogP contribution in [-0.4, -0.2) is 17.5 Å². The lowest BCUT2D eigenvalue weighted by Gasteiger charge is -2.37. The molecule has 3 aromatic rings. The van der Waals surface area contributed by atoms with Crippen LogP contribution in [0.4, 0.5) is 0 Å². The zero-order valence-corrected chi connectivity index (χ0v) is 19.4. The summed E-state index contributed by atoms with van der Waals surface area (Å²) in [6.45, 7) is 5.16. The number of halogens is 1. The highest BCUT2D eigenvalue weighted by Gasteiger charge is 2.41. The molecule has 0 fully saturated rings. The molecule has 4 rings (SSSR count). The lowest BCUT2D eigenvalue weighted by molar-refractivity contribution is -0.133. The van der Waals surface area contributed by atoms with Crippen LogP contribution in [0, 0.1) is 18.3 Å². The summed E-state index contributed by atoms with van der Waals surface area (Å²) >= 11 is 3.43. The smallest absolute Gasteiger partial charge is 0.223 e. The van der Waals surface area contributed by atoms with Crippen molar-refractivity contribution >= 4 is 32.7 Å². The predicted octanol–water partition coefficient (Wildman–Crippen LogP) is 5.39. The average molecular weight is 480 g/mol. The normalized spacial score (nSPS) is 17.9. The number of nitriles is 1. The fourth-order valence-electron chi connectivity index (χ4n) is 4.61.